The van der Waals surface area contributed by atoms with Gasteiger partial charge in [-0.15, -0.1) is 11.3 Å². The zero-order chi connectivity index (χ0) is 18.4. The molecule has 0 spiro atoms. The maximum absolute atomic E-state index is 12.3. The molecule has 2 atom stereocenters. The molecule has 132 valence electrons. The van der Waals surface area contributed by atoms with Gasteiger partial charge in [-0.3, -0.25) is 9.59 Å². The molecule has 7 heteroatoms. The number of aliphatic carboxylic acids is 2. The van der Waals surface area contributed by atoms with Gasteiger partial charge in [0.25, 0.3) is 0 Å². The Morgan fingerprint density at radius 3 is 2.64 bits per heavy atom. The Balaban J connectivity index is 2.23. The summed E-state index contributed by atoms with van der Waals surface area (Å²) in [6, 6.07) is 5.59. The fourth-order valence-corrected chi connectivity index (χ4v) is 5.33. The van der Waals surface area contributed by atoms with Crippen LogP contribution in [0.4, 0.5) is 0 Å². The molecule has 25 heavy (non-hydrogen) atoms. The summed E-state index contributed by atoms with van der Waals surface area (Å²) >= 11 is 4.72. The number of fused-ring (bicyclic) bond motifs is 1. The molecule has 2 N–H and O–H groups in total. The lowest BCUT2D eigenvalue weighted by molar-refractivity contribution is -0.153. The molecule has 1 aliphatic rings. The monoisotopic (exact) mass is 423 g/mol. The number of benzene rings is 1. The third-order valence-electron chi connectivity index (χ3n) is 4.97. The highest BCUT2D eigenvalue weighted by Crippen LogP contribution is 2.50. The SMILES string of the molecule is CCC1(C(=O)O)CC(C)=CC(C(=O)O)(c2nc3ccc(Br)cc3s2)C1. The highest BCUT2D eigenvalue weighted by atomic mass is 79.9. The van der Waals surface area contributed by atoms with Gasteiger partial charge in [0.05, 0.1) is 15.6 Å². The van der Waals surface area contributed by atoms with Crippen LogP contribution < -0.4 is 0 Å². The molecule has 2 unspecified atom stereocenters. The first-order valence-electron chi connectivity index (χ1n) is 7.94. The summed E-state index contributed by atoms with van der Waals surface area (Å²) in [5.74, 6) is -2.00. The van der Waals surface area contributed by atoms with Gasteiger partial charge < -0.3 is 10.2 Å². The number of allylic oxidation sites excluding steroid dienone is 1. The summed E-state index contributed by atoms with van der Waals surface area (Å²) in [4.78, 5) is 28.8. The van der Waals surface area contributed by atoms with Crippen LogP contribution in [0.2, 0.25) is 0 Å². The van der Waals surface area contributed by atoms with Crippen molar-refractivity contribution >= 4 is 49.4 Å². The van der Waals surface area contributed by atoms with Crippen molar-refractivity contribution < 1.29 is 19.8 Å². The second-order valence-electron chi connectivity index (χ2n) is 6.69. The Morgan fingerprint density at radius 2 is 2.04 bits per heavy atom. The Morgan fingerprint density at radius 1 is 1.32 bits per heavy atom. The number of carboxylic acid groups (broad SMARTS) is 2. The molecule has 0 aliphatic heterocycles. The van der Waals surface area contributed by atoms with Crippen molar-refractivity contribution in [2.24, 2.45) is 5.41 Å². The number of thiazole rings is 1. The maximum atomic E-state index is 12.3. The van der Waals surface area contributed by atoms with Crippen molar-refractivity contribution in [3.8, 4) is 0 Å². The van der Waals surface area contributed by atoms with Crippen LogP contribution in [0.15, 0.2) is 34.3 Å². The number of carbonyl (C=O) groups is 2. The molecule has 2 aromatic rings. The van der Waals surface area contributed by atoms with Gasteiger partial charge >= 0.3 is 11.9 Å². The minimum Gasteiger partial charge on any atom is -0.481 e. The van der Waals surface area contributed by atoms with E-state index in [0.29, 0.717) is 17.8 Å². The van der Waals surface area contributed by atoms with E-state index >= 15 is 0 Å². The number of rotatable bonds is 4. The van der Waals surface area contributed by atoms with Crippen LogP contribution >= 0.6 is 27.3 Å². The molecule has 0 amide bonds. The average molecular weight is 424 g/mol. The van der Waals surface area contributed by atoms with Crippen LogP contribution in [0.25, 0.3) is 10.2 Å². The Bertz CT molecular complexity index is 906. The van der Waals surface area contributed by atoms with Crippen molar-refractivity contribution in [2.75, 3.05) is 0 Å². The molecule has 3 rings (SSSR count). The number of hydrogen-bond acceptors (Lipinski definition) is 4. The van der Waals surface area contributed by atoms with Crippen LogP contribution in [0.3, 0.4) is 0 Å². The van der Waals surface area contributed by atoms with Crippen molar-refractivity contribution in [1.82, 2.24) is 4.98 Å². The van der Waals surface area contributed by atoms with Crippen LogP contribution in [-0.2, 0) is 15.0 Å². The van der Waals surface area contributed by atoms with E-state index in [-0.39, 0.29) is 6.42 Å². The number of nitrogens with zero attached hydrogens (tertiary/aromatic N) is 1. The molecule has 1 aromatic carbocycles. The molecule has 5 nitrogen and oxygen atoms in total. The fraction of sp³-hybridized carbons (Fsp3) is 0.389. The van der Waals surface area contributed by atoms with Crippen molar-refractivity contribution in [3.05, 3.63) is 39.3 Å². The molecule has 0 fully saturated rings. The topological polar surface area (TPSA) is 87.5 Å². The minimum atomic E-state index is -1.41. The molecule has 0 saturated heterocycles. The minimum absolute atomic E-state index is 0.0134. The smallest absolute Gasteiger partial charge is 0.320 e. The standard InChI is InChI=1S/C18H18BrNO4S/c1-3-17(15(21)22)7-10(2)8-18(9-17,16(23)24)14-20-12-5-4-11(19)6-13(12)25-14/h4-6,8H,3,7,9H2,1-2H3,(H,21,22)(H,23,24). The van der Waals surface area contributed by atoms with Gasteiger partial charge in [-0.25, -0.2) is 4.98 Å². The summed E-state index contributed by atoms with van der Waals surface area (Å²) in [6.45, 7) is 3.60. The van der Waals surface area contributed by atoms with Gasteiger partial charge in [0.1, 0.15) is 10.4 Å². The van der Waals surface area contributed by atoms with E-state index < -0.39 is 22.8 Å². The summed E-state index contributed by atoms with van der Waals surface area (Å²) < 4.78 is 1.77. The fourth-order valence-electron chi connectivity index (χ4n) is 3.66. The van der Waals surface area contributed by atoms with E-state index in [4.69, 9.17) is 0 Å². The quantitative estimate of drug-likeness (QED) is 0.701. The molecular formula is C18H18BrNO4S. The van der Waals surface area contributed by atoms with E-state index in [1.54, 1.807) is 19.9 Å². The van der Waals surface area contributed by atoms with Crippen LogP contribution in [0, 0.1) is 5.41 Å². The largest absolute Gasteiger partial charge is 0.481 e. The summed E-state index contributed by atoms with van der Waals surface area (Å²) in [5.41, 5.74) is -1.00. The highest BCUT2D eigenvalue weighted by Gasteiger charge is 2.53. The van der Waals surface area contributed by atoms with E-state index in [0.717, 1.165) is 20.3 Å². The Labute approximate surface area is 157 Å². The first kappa shape index (κ1) is 18.1. The van der Waals surface area contributed by atoms with Crippen molar-refractivity contribution in [1.29, 1.82) is 0 Å². The molecular weight excluding hydrogens is 406 g/mol. The summed E-state index contributed by atoms with van der Waals surface area (Å²) in [5, 5.41) is 20.3. The lowest BCUT2D eigenvalue weighted by Gasteiger charge is -2.40. The van der Waals surface area contributed by atoms with E-state index in [1.807, 2.05) is 18.2 Å². The lowest BCUT2D eigenvalue weighted by Crippen LogP contribution is -2.46. The normalized spacial score (nSPS) is 26.4. The number of halogens is 1. The third kappa shape index (κ3) is 2.89. The van der Waals surface area contributed by atoms with Gasteiger partial charge in [0.15, 0.2) is 0 Å². The molecule has 1 aromatic heterocycles. The first-order chi connectivity index (χ1) is 11.7. The van der Waals surface area contributed by atoms with Gasteiger partial charge in [0.2, 0.25) is 0 Å². The second kappa shape index (κ2) is 6.21. The van der Waals surface area contributed by atoms with E-state index in [1.165, 1.54) is 11.3 Å². The molecule has 0 saturated carbocycles. The molecule has 1 heterocycles. The molecule has 0 bridgehead atoms. The van der Waals surface area contributed by atoms with Crippen molar-refractivity contribution in [2.45, 2.75) is 38.5 Å². The van der Waals surface area contributed by atoms with Crippen LogP contribution in [0.5, 0.6) is 0 Å². The van der Waals surface area contributed by atoms with Gasteiger partial charge in [-0.1, -0.05) is 34.5 Å². The molecule has 0 radical (unpaired) electrons. The predicted octanol–water partition coefficient (Wildman–Crippen LogP) is 4.60. The van der Waals surface area contributed by atoms with Crippen LogP contribution in [-0.4, -0.2) is 27.1 Å². The second-order valence-corrected chi connectivity index (χ2v) is 8.64. The molecule has 1 aliphatic carbocycles. The summed E-state index contributed by atoms with van der Waals surface area (Å²) in [7, 11) is 0. The number of carboxylic acids is 2. The Kier molecular flexibility index (Phi) is 4.49. The predicted molar refractivity (Wildman–Crippen MR) is 100.0 cm³/mol. The number of hydrogen-bond donors (Lipinski definition) is 2. The Hall–Kier alpha value is -1.73. The average Bonchev–Trinajstić information content (AvgIpc) is 2.97. The van der Waals surface area contributed by atoms with Gasteiger partial charge in [0, 0.05) is 4.47 Å². The van der Waals surface area contributed by atoms with Gasteiger partial charge in [-0.2, -0.15) is 0 Å². The summed E-state index contributed by atoms with van der Waals surface area (Å²) in [6.07, 6.45) is 2.45. The number of aromatic nitrogens is 1. The third-order valence-corrected chi connectivity index (χ3v) is 6.66. The van der Waals surface area contributed by atoms with Gasteiger partial charge in [-0.05, 0) is 44.4 Å². The van der Waals surface area contributed by atoms with E-state index in [2.05, 4.69) is 20.9 Å². The van der Waals surface area contributed by atoms with Crippen LogP contribution in [0.1, 0.15) is 38.1 Å². The van der Waals surface area contributed by atoms with E-state index in [9.17, 15) is 19.8 Å². The zero-order valence-electron chi connectivity index (χ0n) is 13.9. The first-order valence-corrected chi connectivity index (χ1v) is 9.55. The lowest BCUT2D eigenvalue weighted by atomic mass is 9.62. The highest BCUT2D eigenvalue weighted by molar-refractivity contribution is 9.10. The maximum Gasteiger partial charge on any atom is 0.320 e. The van der Waals surface area contributed by atoms with Crippen molar-refractivity contribution in [3.63, 3.8) is 0 Å². The zero-order valence-corrected chi connectivity index (χ0v) is 16.3.